The van der Waals surface area contributed by atoms with E-state index in [0.29, 0.717) is 0 Å². The highest BCUT2D eigenvalue weighted by Gasteiger charge is 2.48. The molecular formula is C26H29N2O2+. The van der Waals surface area contributed by atoms with Crippen LogP contribution in [0.25, 0.3) is 0 Å². The lowest BCUT2D eigenvalue weighted by atomic mass is 9.90. The summed E-state index contributed by atoms with van der Waals surface area (Å²) in [5, 5.41) is 9.32. The fourth-order valence-corrected chi connectivity index (χ4v) is 5.09. The largest absolute Gasteiger partial charge is 0.480 e. The van der Waals surface area contributed by atoms with Crippen LogP contribution in [-0.4, -0.2) is 48.2 Å². The highest BCUT2D eigenvalue weighted by Crippen LogP contribution is 2.43. The summed E-state index contributed by atoms with van der Waals surface area (Å²) < 4.78 is 0.783. The second-order valence-electron chi connectivity index (χ2n) is 8.19. The molecule has 0 aliphatic carbocycles. The van der Waals surface area contributed by atoms with Crippen LogP contribution >= 0.6 is 0 Å². The number of carboxylic acids is 1. The average Bonchev–Trinajstić information content (AvgIpc) is 2.77. The van der Waals surface area contributed by atoms with Gasteiger partial charge in [0.15, 0.2) is 0 Å². The molecule has 30 heavy (non-hydrogen) atoms. The van der Waals surface area contributed by atoms with Gasteiger partial charge in [0.25, 0.3) is 0 Å². The van der Waals surface area contributed by atoms with Crippen molar-refractivity contribution in [3.8, 4) is 0 Å². The lowest BCUT2D eigenvalue weighted by molar-refractivity contribution is -0.139. The first-order chi connectivity index (χ1) is 14.6. The second kappa shape index (κ2) is 8.82. The van der Waals surface area contributed by atoms with Crippen molar-refractivity contribution in [2.75, 3.05) is 26.2 Å². The normalized spacial score (nSPS) is 22.1. The summed E-state index contributed by atoms with van der Waals surface area (Å²) in [6.07, 6.45) is 0. The van der Waals surface area contributed by atoms with Crippen molar-refractivity contribution < 1.29 is 9.90 Å². The van der Waals surface area contributed by atoms with E-state index in [0.717, 1.165) is 24.1 Å². The number of aliphatic carboxylic acids is 1. The molecule has 1 unspecified atom stereocenters. The molecule has 1 aliphatic rings. The Morgan fingerprint density at radius 2 is 1.43 bits per heavy atom. The number of rotatable bonds is 6. The van der Waals surface area contributed by atoms with Gasteiger partial charge < -0.3 is 5.11 Å². The van der Waals surface area contributed by atoms with E-state index in [9.17, 15) is 9.90 Å². The van der Waals surface area contributed by atoms with Crippen molar-refractivity contribution in [2.45, 2.75) is 19.0 Å². The molecular weight excluding hydrogens is 372 g/mol. The molecule has 1 saturated heterocycles. The summed E-state index contributed by atoms with van der Waals surface area (Å²) in [6, 6.07) is 32.5. The molecule has 1 heterocycles. The van der Waals surface area contributed by atoms with Crippen molar-refractivity contribution in [3.05, 3.63) is 102 Å². The van der Waals surface area contributed by atoms with Gasteiger partial charge in [0.2, 0.25) is 0 Å². The van der Waals surface area contributed by atoms with Crippen LogP contribution in [-0.2, 0) is 4.79 Å². The molecule has 1 aliphatic heterocycles. The fourth-order valence-electron chi connectivity index (χ4n) is 5.09. The molecule has 154 valence electrons. The maximum absolute atomic E-state index is 11.3. The van der Waals surface area contributed by atoms with Gasteiger partial charge in [0.05, 0.1) is 19.6 Å². The minimum Gasteiger partial charge on any atom is -0.480 e. The topological polar surface area (TPSA) is 40.5 Å². The van der Waals surface area contributed by atoms with Gasteiger partial charge in [-0.05, 0) is 19.1 Å². The van der Waals surface area contributed by atoms with E-state index < -0.39 is 5.97 Å². The first kappa shape index (κ1) is 20.3. The summed E-state index contributed by atoms with van der Waals surface area (Å²) in [4.78, 5) is 13.4. The van der Waals surface area contributed by atoms with Crippen LogP contribution in [0.2, 0.25) is 0 Å². The molecule has 0 radical (unpaired) electrons. The summed E-state index contributed by atoms with van der Waals surface area (Å²) >= 11 is 0. The van der Waals surface area contributed by atoms with Crippen LogP contribution in [0.4, 0.5) is 5.69 Å². The van der Waals surface area contributed by atoms with Crippen molar-refractivity contribution in [1.82, 2.24) is 9.38 Å². The van der Waals surface area contributed by atoms with Gasteiger partial charge in [-0.2, -0.15) is 0 Å². The Hall–Kier alpha value is -2.95. The fraction of sp³-hybridized carbons (Fsp3) is 0.269. The highest BCUT2D eigenvalue weighted by molar-refractivity contribution is 5.69. The summed E-state index contributed by atoms with van der Waals surface area (Å²) in [7, 11) is 0. The summed E-state index contributed by atoms with van der Waals surface area (Å²) in [5.41, 5.74) is 3.84. The molecule has 0 spiro atoms. The third kappa shape index (κ3) is 3.89. The van der Waals surface area contributed by atoms with E-state index in [2.05, 4.69) is 103 Å². The number of carbonyl (C=O) groups is 1. The molecule has 4 rings (SSSR count). The average molecular weight is 402 g/mol. The van der Waals surface area contributed by atoms with Gasteiger partial charge in [-0.1, -0.05) is 78.9 Å². The van der Waals surface area contributed by atoms with Gasteiger partial charge >= 0.3 is 5.97 Å². The maximum Gasteiger partial charge on any atom is 0.317 e. The van der Waals surface area contributed by atoms with Gasteiger partial charge in [0.1, 0.15) is 17.8 Å². The van der Waals surface area contributed by atoms with E-state index in [1.807, 2.05) is 0 Å². The van der Waals surface area contributed by atoms with Gasteiger partial charge in [0, 0.05) is 17.7 Å². The molecule has 4 nitrogen and oxygen atoms in total. The number of nitrogens with zero attached hydrogens (tertiary/aromatic N) is 2. The molecule has 1 fully saturated rings. The standard InChI is InChI=1S/C26H28N2O2/c1-21-19-27(20-25(29)30)17-18-28(21,24-15-9-4-10-16-24)26(22-11-5-2-6-12-22)23-13-7-3-8-14-23/h2-16,21,26H,17-20H2,1H3/p+1/t21?,28-/m1/s1. The Bertz CT molecular complexity index is 923. The number of benzene rings is 3. The molecule has 2 atom stereocenters. The Morgan fingerprint density at radius 1 is 0.933 bits per heavy atom. The van der Waals surface area contributed by atoms with Crippen LogP contribution in [0.5, 0.6) is 0 Å². The predicted molar refractivity (Wildman–Crippen MR) is 121 cm³/mol. The summed E-state index contributed by atoms with van der Waals surface area (Å²) in [5.74, 6) is -0.760. The third-order valence-corrected chi connectivity index (χ3v) is 6.38. The first-order valence-corrected chi connectivity index (χ1v) is 10.6. The maximum atomic E-state index is 11.3. The number of hydrogen-bond donors (Lipinski definition) is 1. The molecule has 0 saturated carbocycles. The molecule has 1 N–H and O–H groups in total. The number of piperazine rings is 1. The van der Waals surface area contributed by atoms with Crippen LogP contribution in [0.15, 0.2) is 91.0 Å². The molecule has 4 heteroatoms. The van der Waals surface area contributed by atoms with E-state index in [1.165, 1.54) is 16.8 Å². The second-order valence-corrected chi connectivity index (χ2v) is 8.19. The zero-order valence-corrected chi connectivity index (χ0v) is 17.4. The number of para-hydroxylation sites is 1. The quantitative estimate of drug-likeness (QED) is 0.615. The molecule has 0 aromatic heterocycles. The van der Waals surface area contributed by atoms with Crippen LogP contribution in [0.3, 0.4) is 0 Å². The van der Waals surface area contributed by atoms with Crippen LogP contribution in [0, 0.1) is 0 Å². The molecule has 0 amide bonds. The van der Waals surface area contributed by atoms with Gasteiger partial charge in [-0.15, -0.1) is 0 Å². The van der Waals surface area contributed by atoms with Crippen molar-refractivity contribution >= 4 is 11.7 Å². The molecule has 0 bridgehead atoms. The van der Waals surface area contributed by atoms with Gasteiger partial charge in [-0.3, -0.25) is 14.2 Å². The monoisotopic (exact) mass is 401 g/mol. The number of quaternary nitrogens is 1. The van der Waals surface area contributed by atoms with Gasteiger partial charge in [-0.25, -0.2) is 0 Å². The smallest absolute Gasteiger partial charge is 0.317 e. The van der Waals surface area contributed by atoms with Crippen molar-refractivity contribution in [1.29, 1.82) is 0 Å². The predicted octanol–water partition coefficient (Wildman–Crippen LogP) is 4.57. The first-order valence-electron chi connectivity index (χ1n) is 10.6. The third-order valence-electron chi connectivity index (χ3n) is 6.38. The summed E-state index contributed by atoms with van der Waals surface area (Å²) in [6.45, 7) is 4.71. The van der Waals surface area contributed by atoms with Crippen molar-refractivity contribution in [2.24, 2.45) is 0 Å². The van der Waals surface area contributed by atoms with Crippen molar-refractivity contribution in [3.63, 3.8) is 0 Å². The van der Waals surface area contributed by atoms with E-state index in [-0.39, 0.29) is 18.6 Å². The highest BCUT2D eigenvalue weighted by atomic mass is 16.4. The SMILES string of the molecule is CC1CN(CC(=O)O)CC[N@@+]1(c1ccccc1)C(c1ccccc1)c1ccccc1. The van der Waals surface area contributed by atoms with E-state index in [4.69, 9.17) is 0 Å². The van der Waals surface area contributed by atoms with E-state index in [1.54, 1.807) is 0 Å². The Labute approximate surface area is 178 Å². The van der Waals surface area contributed by atoms with E-state index >= 15 is 0 Å². The zero-order valence-electron chi connectivity index (χ0n) is 17.4. The van der Waals surface area contributed by atoms with Crippen LogP contribution < -0.4 is 4.48 Å². The minimum absolute atomic E-state index is 0.0977. The number of hydrogen-bond acceptors (Lipinski definition) is 2. The Kier molecular flexibility index (Phi) is 5.98. The molecule has 3 aromatic carbocycles. The lowest BCUT2D eigenvalue weighted by Gasteiger charge is -2.53. The van der Waals surface area contributed by atoms with Crippen LogP contribution in [0.1, 0.15) is 24.1 Å². The Morgan fingerprint density at radius 3 is 1.90 bits per heavy atom. The zero-order chi connectivity index (χ0) is 21.0. The lowest BCUT2D eigenvalue weighted by Crippen LogP contribution is -2.67. The minimum atomic E-state index is -0.760. The molecule has 3 aromatic rings. The number of carboxylic acid groups (broad SMARTS) is 1. The Balaban J connectivity index is 1.87.